The van der Waals surface area contributed by atoms with Crippen LogP contribution in [0.4, 0.5) is 0 Å². The molecule has 7 heteroatoms. The molecule has 0 aliphatic carbocycles. The molecule has 2 atom stereocenters. The number of nitrogens with one attached hydrogen (secondary N) is 2. The number of piperidine rings is 1. The standard InChI is InChI=1S/C20H29ClN4O2/c1-15(20(27)24-10-5-2-6-11-24)23-19(26)14-25-12-9-22-13-18(25)16-7-3-4-8-17(16)21/h3-4,7-8,15,18,22H,2,5-6,9-14H2,1H3,(H,23,26). The minimum Gasteiger partial charge on any atom is -0.343 e. The largest absolute Gasteiger partial charge is 0.343 e. The molecule has 0 saturated carbocycles. The minimum atomic E-state index is -0.489. The molecule has 2 unspecified atom stereocenters. The Bertz CT molecular complexity index is 663. The lowest BCUT2D eigenvalue weighted by atomic mass is 10.0. The zero-order valence-corrected chi connectivity index (χ0v) is 16.7. The topological polar surface area (TPSA) is 64.7 Å². The van der Waals surface area contributed by atoms with Gasteiger partial charge in [0.25, 0.3) is 0 Å². The Balaban J connectivity index is 1.58. The van der Waals surface area contributed by atoms with Gasteiger partial charge in [0.2, 0.25) is 11.8 Å². The second-order valence-electron chi connectivity index (χ2n) is 7.39. The Morgan fingerprint density at radius 2 is 1.96 bits per heavy atom. The van der Waals surface area contributed by atoms with Crippen LogP contribution < -0.4 is 10.6 Å². The number of carbonyl (C=O) groups excluding carboxylic acids is 2. The van der Waals surface area contributed by atoms with Crippen LogP contribution in [0, 0.1) is 0 Å². The van der Waals surface area contributed by atoms with Crippen LogP contribution >= 0.6 is 11.6 Å². The van der Waals surface area contributed by atoms with Crippen molar-refractivity contribution in [1.29, 1.82) is 0 Å². The lowest BCUT2D eigenvalue weighted by Crippen LogP contribution is -2.53. The summed E-state index contributed by atoms with van der Waals surface area (Å²) in [6, 6.07) is 7.32. The molecule has 27 heavy (non-hydrogen) atoms. The van der Waals surface area contributed by atoms with Gasteiger partial charge < -0.3 is 15.5 Å². The molecular weight excluding hydrogens is 364 g/mol. The number of hydrogen-bond acceptors (Lipinski definition) is 4. The summed E-state index contributed by atoms with van der Waals surface area (Å²) in [7, 11) is 0. The highest BCUT2D eigenvalue weighted by Gasteiger charge is 2.28. The van der Waals surface area contributed by atoms with E-state index in [1.54, 1.807) is 6.92 Å². The number of piperazine rings is 1. The average molecular weight is 393 g/mol. The maximum Gasteiger partial charge on any atom is 0.244 e. The van der Waals surface area contributed by atoms with Gasteiger partial charge in [-0.2, -0.15) is 0 Å². The second kappa shape index (κ2) is 9.53. The van der Waals surface area contributed by atoms with Crippen LogP contribution in [-0.2, 0) is 9.59 Å². The molecule has 2 heterocycles. The molecule has 2 aliphatic rings. The van der Waals surface area contributed by atoms with Crippen LogP contribution in [0.2, 0.25) is 5.02 Å². The first-order chi connectivity index (χ1) is 13.1. The molecule has 0 aromatic heterocycles. The van der Waals surface area contributed by atoms with Gasteiger partial charge in [-0.05, 0) is 37.8 Å². The van der Waals surface area contributed by atoms with E-state index >= 15 is 0 Å². The van der Waals surface area contributed by atoms with E-state index in [0.717, 1.165) is 51.1 Å². The van der Waals surface area contributed by atoms with Crippen molar-refractivity contribution in [3.63, 3.8) is 0 Å². The summed E-state index contributed by atoms with van der Waals surface area (Å²) in [5.41, 5.74) is 1.02. The zero-order chi connectivity index (χ0) is 19.2. The monoisotopic (exact) mass is 392 g/mol. The molecule has 0 radical (unpaired) electrons. The quantitative estimate of drug-likeness (QED) is 0.802. The summed E-state index contributed by atoms with van der Waals surface area (Å²) in [6.45, 7) is 5.97. The van der Waals surface area contributed by atoms with Gasteiger partial charge in [-0.1, -0.05) is 29.8 Å². The third kappa shape index (κ3) is 5.21. The number of rotatable bonds is 5. The van der Waals surface area contributed by atoms with Crippen molar-refractivity contribution in [3.05, 3.63) is 34.9 Å². The molecule has 2 saturated heterocycles. The van der Waals surface area contributed by atoms with Gasteiger partial charge in [0.05, 0.1) is 6.54 Å². The average Bonchev–Trinajstić information content (AvgIpc) is 2.69. The number of halogens is 1. The van der Waals surface area contributed by atoms with Gasteiger partial charge in [0.1, 0.15) is 6.04 Å². The van der Waals surface area contributed by atoms with Gasteiger partial charge in [-0.3, -0.25) is 14.5 Å². The van der Waals surface area contributed by atoms with E-state index in [9.17, 15) is 9.59 Å². The summed E-state index contributed by atoms with van der Waals surface area (Å²) in [4.78, 5) is 29.1. The summed E-state index contributed by atoms with van der Waals surface area (Å²) in [5, 5.41) is 6.97. The minimum absolute atomic E-state index is 0.0195. The fourth-order valence-corrected chi connectivity index (χ4v) is 4.17. The van der Waals surface area contributed by atoms with E-state index in [-0.39, 0.29) is 24.4 Å². The summed E-state index contributed by atoms with van der Waals surface area (Å²) < 4.78 is 0. The number of amides is 2. The molecule has 148 valence electrons. The van der Waals surface area contributed by atoms with Crippen LogP contribution in [0.5, 0.6) is 0 Å². The molecule has 1 aromatic rings. The van der Waals surface area contributed by atoms with E-state index in [4.69, 9.17) is 11.6 Å². The Kier molecular flexibility index (Phi) is 7.10. The van der Waals surface area contributed by atoms with E-state index in [1.165, 1.54) is 6.42 Å². The number of likely N-dealkylation sites (tertiary alicyclic amines) is 1. The molecule has 2 fully saturated rings. The highest BCUT2D eigenvalue weighted by Crippen LogP contribution is 2.28. The van der Waals surface area contributed by atoms with Crippen molar-refractivity contribution < 1.29 is 9.59 Å². The summed E-state index contributed by atoms with van der Waals surface area (Å²) >= 11 is 6.37. The van der Waals surface area contributed by atoms with Crippen molar-refractivity contribution in [2.45, 2.75) is 38.3 Å². The predicted octanol–water partition coefficient (Wildman–Crippen LogP) is 1.80. The van der Waals surface area contributed by atoms with Gasteiger partial charge >= 0.3 is 0 Å². The SMILES string of the molecule is CC(NC(=O)CN1CCNCC1c1ccccc1Cl)C(=O)N1CCCCC1. The predicted molar refractivity (Wildman–Crippen MR) is 107 cm³/mol. The van der Waals surface area contributed by atoms with Crippen LogP contribution in [0.3, 0.4) is 0 Å². The van der Waals surface area contributed by atoms with E-state index < -0.39 is 6.04 Å². The van der Waals surface area contributed by atoms with Crippen molar-refractivity contribution in [3.8, 4) is 0 Å². The number of benzene rings is 1. The fraction of sp³-hybridized carbons (Fsp3) is 0.600. The third-order valence-corrected chi connectivity index (χ3v) is 5.73. The van der Waals surface area contributed by atoms with Gasteiger partial charge in [0, 0.05) is 43.8 Å². The Morgan fingerprint density at radius 1 is 1.22 bits per heavy atom. The zero-order valence-electron chi connectivity index (χ0n) is 15.9. The van der Waals surface area contributed by atoms with E-state index in [2.05, 4.69) is 15.5 Å². The van der Waals surface area contributed by atoms with E-state index in [0.29, 0.717) is 5.02 Å². The first-order valence-corrected chi connectivity index (χ1v) is 10.2. The fourth-order valence-electron chi connectivity index (χ4n) is 3.91. The van der Waals surface area contributed by atoms with E-state index in [1.807, 2.05) is 29.2 Å². The molecule has 2 N–H and O–H groups in total. The maximum absolute atomic E-state index is 12.6. The number of carbonyl (C=O) groups is 2. The first kappa shape index (κ1) is 20.1. The van der Waals surface area contributed by atoms with Crippen molar-refractivity contribution >= 4 is 23.4 Å². The third-order valence-electron chi connectivity index (χ3n) is 5.38. The highest BCUT2D eigenvalue weighted by atomic mass is 35.5. The lowest BCUT2D eigenvalue weighted by Gasteiger charge is -2.36. The normalized spacial score (nSPS) is 22.3. The molecule has 2 aliphatic heterocycles. The summed E-state index contributed by atoms with van der Waals surface area (Å²) in [5.74, 6) is -0.0992. The molecular formula is C20H29ClN4O2. The van der Waals surface area contributed by atoms with Crippen molar-refractivity contribution in [2.24, 2.45) is 0 Å². The lowest BCUT2D eigenvalue weighted by molar-refractivity contribution is -0.137. The molecule has 1 aromatic carbocycles. The smallest absolute Gasteiger partial charge is 0.244 e. The highest BCUT2D eigenvalue weighted by molar-refractivity contribution is 6.31. The first-order valence-electron chi connectivity index (χ1n) is 9.83. The van der Waals surface area contributed by atoms with Crippen molar-refractivity contribution in [2.75, 3.05) is 39.3 Å². The van der Waals surface area contributed by atoms with Crippen molar-refractivity contribution in [1.82, 2.24) is 20.4 Å². The van der Waals surface area contributed by atoms with Crippen LogP contribution in [0.25, 0.3) is 0 Å². The number of hydrogen-bond donors (Lipinski definition) is 2. The maximum atomic E-state index is 12.6. The van der Waals surface area contributed by atoms with Gasteiger partial charge in [0.15, 0.2) is 0 Å². The Hall–Kier alpha value is -1.63. The Morgan fingerprint density at radius 3 is 2.70 bits per heavy atom. The second-order valence-corrected chi connectivity index (χ2v) is 7.79. The summed E-state index contributed by atoms with van der Waals surface area (Å²) in [6.07, 6.45) is 3.27. The van der Waals surface area contributed by atoms with Gasteiger partial charge in [-0.25, -0.2) is 0 Å². The molecule has 3 rings (SSSR count). The number of nitrogens with zero attached hydrogens (tertiary/aromatic N) is 2. The van der Waals surface area contributed by atoms with Crippen LogP contribution in [0.1, 0.15) is 37.8 Å². The Labute approximate surface area is 166 Å². The van der Waals surface area contributed by atoms with Crippen LogP contribution in [-0.4, -0.2) is 66.9 Å². The molecule has 0 spiro atoms. The molecule has 2 amide bonds. The van der Waals surface area contributed by atoms with Crippen LogP contribution in [0.15, 0.2) is 24.3 Å². The van der Waals surface area contributed by atoms with Gasteiger partial charge in [-0.15, -0.1) is 0 Å². The molecule has 0 bridgehead atoms. The molecule has 6 nitrogen and oxygen atoms in total.